The Morgan fingerprint density at radius 2 is 2.12 bits per heavy atom. The van der Waals surface area contributed by atoms with E-state index in [0.717, 1.165) is 16.1 Å². The van der Waals surface area contributed by atoms with Crippen molar-refractivity contribution < 1.29 is 9.53 Å². The monoisotopic (exact) mass is 247 g/mol. The highest BCUT2D eigenvalue weighted by molar-refractivity contribution is 7.13. The first-order valence-electron chi connectivity index (χ1n) is 5.38. The van der Waals surface area contributed by atoms with Crippen LogP contribution in [0.3, 0.4) is 0 Å². The number of carbonyl (C=O) groups is 1. The van der Waals surface area contributed by atoms with Gasteiger partial charge < -0.3 is 4.74 Å². The van der Waals surface area contributed by atoms with E-state index in [2.05, 4.69) is 5.32 Å². The van der Waals surface area contributed by atoms with E-state index in [9.17, 15) is 4.79 Å². The van der Waals surface area contributed by atoms with Crippen LogP contribution < -0.4 is 5.32 Å². The maximum atomic E-state index is 11.4. The van der Waals surface area contributed by atoms with Gasteiger partial charge in [-0.1, -0.05) is 24.3 Å². The molecule has 0 radical (unpaired) electrons. The zero-order chi connectivity index (χ0) is 12.1. The van der Waals surface area contributed by atoms with E-state index in [1.807, 2.05) is 41.8 Å². The molecule has 17 heavy (non-hydrogen) atoms. The van der Waals surface area contributed by atoms with Crippen molar-refractivity contribution >= 4 is 23.1 Å². The lowest BCUT2D eigenvalue weighted by molar-refractivity contribution is 0.168. The highest BCUT2D eigenvalue weighted by Crippen LogP contribution is 2.31. The van der Waals surface area contributed by atoms with Crippen molar-refractivity contribution in [3.8, 4) is 10.4 Å². The van der Waals surface area contributed by atoms with Crippen molar-refractivity contribution in [1.29, 1.82) is 0 Å². The average molecular weight is 247 g/mol. The van der Waals surface area contributed by atoms with Gasteiger partial charge in [0.15, 0.2) is 0 Å². The molecule has 4 heteroatoms. The molecule has 88 valence electrons. The number of carbonyl (C=O) groups excluding carboxylic acids is 1. The van der Waals surface area contributed by atoms with Crippen LogP contribution in [0, 0.1) is 0 Å². The van der Waals surface area contributed by atoms with Gasteiger partial charge in [-0.2, -0.15) is 0 Å². The fourth-order valence-corrected chi connectivity index (χ4v) is 2.28. The van der Waals surface area contributed by atoms with Gasteiger partial charge in [-0.3, -0.25) is 5.32 Å². The molecule has 0 saturated heterocycles. The average Bonchev–Trinajstić information content (AvgIpc) is 2.83. The van der Waals surface area contributed by atoms with Crippen molar-refractivity contribution in [2.75, 3.05) is 11.9 Å². The lowest BCUT2D eigenvalue weighted by Gasteiger charge is -2.09. The fraction of sp³-hybridized carbons (Fsp3) is 0.154. The molecule has 0 spiro atoms. The van der Waals surface area contributed by atoms with Crippen LogP contribution in [0.15, 0.2) is 41.8 Å². The number of para-hydroxylation sites is 1. The number of anilines is 1. The number of hydrogen-bond donors (Lipinski definition) is 1. The standard InChI is InChI=1S/C13H13NO2S/c1-2-16-13(15)14-11-7-4-3-6-10(11)12-8-5-9-17-12/h3-9H,2H2,1H3,(H,14,15). The topological polar surface area (TPSA) is 38.3 Å². The molecule has 1 N–H and O–H groups in total. The van der Waals surface area contributed by atoms with Crippen LogP contribution in [0.1, 0.15) is 6.92 Å². The van der Waals surface area contributed by atoms with E-state index in [1.165, 1.54) is 0 Å². The lowest BCUT2D eigenvalue weighted by Crippen LogP contribution is -2.13. The van der Waals surface area contributed by atoms with Crippen LogP contribution in [-0.4, -0.2) is 12.7 Å². The second-order valence-corrected chi connectivity index (χ2v) is 4.32. The van der Waals surface area contributed by atoms with Crippen molar-refractivity contribution in [2.45, 2.75) is 6.92 Å². The summed E-state index contributed by atoms with van der Waals surface area (Å²) in [6.45, 7) is 2.15. The van der Waals surface area contributed by atoms with E-state index in [1.54, 1.807) is 18.3 Å². The second kappa shape index (κ2) is 5.50. The van der Waals surface area contributed by atoms with E-state index in [4.69, 9.17) is 4.74 Å². The van der Waals surface area contributed by atoms with Gasteiger partial charge in [0.2, 0.25) is 0 Å². The Morgan fingerprint density at radius 3 is 2.82 bits per heavy atom. The minimum absolute atomic E-state index is 0.368. The Hall–Kier alpha value is -1.81. The number of nitrogens with one attached hydrogen (secondary N) is 1. The van der Waals surface area contributed by atoms with E-state index < -0.39 is 6.09 Å². The third-order valence-electron chi connectivity index (χ3n) is 2.23. The Balaban J connectivity index is 2.25. The number of ether oxygens (including phenoxy) is 1. The summed E-state index contributed by atoms with van der Waals surface area (Å²) >= 11 is 1.64. The van der Waals surface area contributed by atoms with Crippen molar-refractivity contribution in [3.63, 3.8) is 0 Å². The van der Waals surface area contributed by atoms with Crippen LogP contribution in [0.2, 0.25) is 0 Å². The van der Waals surface area contributed by atoms with E-state index >= 15 is 0 Å². The molecule has 1 aromatic carbocycles. The Morgan fingerprint density at radius 1 is 1.29 bits per heavy atom. The van der Waals surface area contributed by atoms with Gasteiger partial charge in [0, 0.05) is 10.4 Å². The molecular formula is C13H13NO2S. The summed E-state index contributed by atoms with van der Waals surface area (Å²) in [7, 11) is 0. The Bertz CT molecular complexity index is 494. The molecular weight excluding hydrogens is 234 g/mol. The maximum Gasteiger partial charge on any atom is 0.411 e. The first-order valence-corrected chi connectivity index (χ1v) is 6.26. The predicted octanol–water partition coefficient (Wildman–Crippen LogP) is 3.98. The van der Waals surface area contributed by atoms with Crippen LogP contribution in [0.25, 0.3) is 10.4 Å². The van der Waals surface area contributed by atoms with Crippen molar-refractivity contribution in [2.24, 2.45) is 0 Å². The highest BCUT2D eigenvalue weighted by atomic mass is 32.1. The minimum Gasteiger partial charge on any atom is -0.450 e. The fourth-order valence-electron chi connectivity index (χ4n) is 1.52. The molecule has 0 atom stereocenters. The largest absolute Gasteiger partial charge is 0.450 e. The van der Waals surface area contributed by atoms with Crippen LogP contribution >= 0.6 is 11.3 Å². The minimum atomic E-state index is -0.420. The van der Waals surface area contributed by atoms with Gasteiger partial charge in [0.25, 0.3) is 0 Å². The van der Waals surface area contributed by atoms with Crippen molar-refractivity contribution in [1.82, 2.24) is 0 Å². The molecule has 0 saturated carbocycles. The summed E-state index contributed by atoms with van der Waals surface area (Å²) in [5.41, 5.74) is 1.78. The Labute approximate surface area is 104 Å². The van der Waals surface area contributed by atoms with E-state index in [-0.39, 0.29) is 0 Å². The Kier molecular flexibility index (Phi) is 3.77. The molecule has 0 aliphatic rings. The number of thiophene rings is 1. The normalized spacial score (nSPS) is 9.94. The third-order valence-corrected chi connectivity index (χ3v) is 3.13. The van der Waals surface area contributed by atoms with Crippen molar-refractivity contribution in [3.05, 3.63) is 41.8 Å². The molecule has 2 rings (SSSR count). The SMILES string of the molecule is CCOC(=O)Nc1ccccc1-c1cccs1. The second-order valence-electron chi connectivity index (χ2n) is 3.37. The number of rotatable bonds is 3. The molecule has 1 heterocycles. The molecule has 0 aliphatic carbocycles. The number of amides is 1. The summed E-state index contributed by atoms with van der Waals surface area (Å²) in [6.07, 6.45) is -0.420. The van der Waals surface area contributed by atoms with Gasteiger partial charge in [-0.15, -0.1) is 11.3 Å². The molecule has 0 bridgehead atoms. The van der Waals surface area contributed by atoms with Crippen LogP contribution in [-0.2, 0) is 4.74 Å². The lowest BCUT2D eigenvalue weighted by atomic mass is 10.1. The molecule has 3 nitrogen and oxygen atoms in total. The van der Waals surface area contributed by atoms with Gasteiger partial charge in [0.05, 0.1) is 12.3 Å². The predicted molar refractivity (Wildman–Crippen MR) is 70.4 cm³/mol. The summed E-state index contributed by atoms with van der Waals surface area (Å²) in [5.74, 6) is 0. The zero-order valence-corrected chi connectivity index (χ0v) is 10.3. The zero-order valence-electron chi connectivity index (χ0n) is 9.47. The first kappa shape index (κ1) is 11.7. The summed E-state index contributed by atoms with van der Waals surface area (Å²) in [4.78, 5) is 12.5. The summed E-state index contributed by atoms with van der Waals surface area (Å²) in [6, 6.07) is 11.7. The number of hydrogen-bond acceptors (Lipinski definition) is 3. The molecule has 0 aliphatic heterocycles. The third kappa shape index (κ3) is 2.85. The van der Waals surface area contributed by atoms with Gasteiger partial charge in [-0.25, -0.2) is 4.79 Å². The number of benzene rings is 1. The summed E-state index contributed by atoms with van der Waals surface area (Å²) in [5, 5.41) is 4.76. The highest BCUT2D eigenvalue weighted by Gasteiger charge is 2.08. The van der Waals surface area contributed by atoms with Gasteiger partial charge in [0.1, 0.15) is 0 Å². The first-order chi connectivity index (χ1) is 8.31. The van der Waals surface area contributed by atoms with Crippen LogP contribution in [0.4, 0.5) is 10.5 Å². The molecule has 1 aromatic heterocycles. The van der Waals surface area contributed by atoms with Crippen LogP contribution in [0.5, 0.6) is 0 Å². The molecule has 1 amide bonds. The maximum absolute atomic E-state index is 11.4. The van der Waals surface area contributed by atoms with E-state index in [0.29, 0.717) is 6.61 Å². The summed E-state index contributed by atoms with van der Waals surface area (Å²) < 4.78 is 4.87. The molecule has 0 unspecified atom stereocenters. The quantitative estimate of drug-likeness (QED) is 0.890. The molecule has 2 aromatic rings. The van der Waals surface area contributed by atoms with Gasteiger partial charge in [-0.05, 0) is 24.4 Å². The molecule has 0 fully saturated rings. The van der Waals surface area contributed by atoms with Gasteiger partial charge >= 0.3 is 6.09 Å². The smallest absolute Gasteiger partial charge is 0.411 e.